The first kappa shape index (κ1) is 16.0. The molecule has 0 aliphatic carbocycles. The topological polar surface area (TPSA) is 30.5 Å². The molecule has 108 valence electrons. The van der Waals surface area contributed by atoms with Gasteiger partial charge in [-0.2, -0.15) is 0 Å². The smallest absolute Gasteiger partial charge is 0.119 e. The lowest BCUT2D eigenvalue weighted by molar-refractivity contribution is 0.106. The first-order valence-corrected chi connectivity index (χ1v) is 7.20. The van der Waals surface area contributed by atoms with Crippen molar-refractivity contribution in [2.45, 2.75) is 45.8 Å². The summed E-state index contributed by atoms with van der Waals surface area (Å²) in [5.41, 5.74) is 1.29. The van der Waals surface area contributed by atoms with Crippen LogP contribution in [0.1, 0.15) is 45.2 Å². The van der Waals surface area contributed by atoms with E-state index in [-0.39, 0.29) is 0 Å². The number of benzene rings is 1. The van der Waals surface area contributed by atoms with E-state index < -0.39 is 0 Å². The number of rotatable bonds is 9. The SMILES string of the molecule is CCNC(CCC(C)OC)c1cccc(OCC)c1. The highest BCUT2D eigenvalue weighted by Gasteiger charge is 2.12. The van der Waals surface area contributed by atoms with Crippen LogP contribution in [0.5, 0.6) is 5.75 Å². The average molecular weight is 265 g/mol. The molecule has 0 aliphatic rings. The summed E-state index contributed by atoms with van der Waals surface area (Å²) in [6.45, 7) is 7.93. The molecule has 0 bridgehead atoms. The van der Waals surface area contributed by atoms with Crippen LogP contribution in [0.2, 0.25) is 0 Å². The molecule has 19 heavy (non-hydrogen) atoms. The van der Waals surface area contributed by atoms with Crippen molar-refractivity contribution in [3.63, 3.8) is 0 Å². The fourth-order valence-electron chi connectivity index (χ4n) is 2.14. The third kappa shape index (κ3) is 5.62. The summed E-state index contributed by atoms with van der Waals surface area (Å²) in [4.78, 5) is 0. The molecule has 0 aromatic heterocycles. The Morgan fingerprint density at radius 3 is 2.63 bits per heavy atom. The van der Waals surface area contributed by atoms with E-state index in [0.717, 1.165) is 25.1 Å². The molecule has 1 rings (SSSR count). The van der Waals surface area contributed by atoms with Crippen molar-refractivity contribution in [1.29, 1.82) is 0 Å². The predicted molar refractivity (Wildman–Crippen MR) is 79.7 cm³/mol. The highest BCUT2D eigenvalue weighted by Crippen LogP contribution is 2.23. The standard InChI is InChI=1S/C16H27NO2/c1-5-17-16(11-10-13(3)18-4)14-8-7-9-15(12-14)19-6-2/h7-9,12-13,16-17H,5-6,10-11H2,1-4H3. The molecule has 0 amide bonds. The number of hydrogen-bond acceptors (Lipinski definition) is 3. The Balaban J connectivity index is 2.71. The third-order valence-electron chi connectivity index (χ3n) is 3.29. The maximum absolute atomic E-state index is 5.57. The second-order valence-electron chi connectivity index (χ2n) is 4.74. The number of ether oxygens (including phenoxy) is 2. The van der Waals surface area contributed by atoms with Gasteiger partial charge in [0, 0.05) is 13.2 Å². The van der Waals surface area contributed by atoms with E-state index in [9.17, 15) is 0 Å². The molecule has 0 saturated heterocycles. The maximum Gasteiger partial charge on any atom is 0.119 e. The molecule has 0 radical (unpaired) electrons. The second-order valence-corrected chi connectivity index (χ2v) is 4.74. The van der Waals surface area contributed by atoms with Gasteiger partial charge >= 0.3 is 0 Å². The van der Waals surface area contributed by atoms with Gasteiger partial charge in [0.25, 0.3) is 0 Å². The molecule has 1 aromatic carbocycles. The highest BCUT2D eigenvalue weighted by molar-refractivity contribution is 5.30. The number of methoxy groups -OCH3 is 1. The minimum absolute atomic E-state index is 0.302. The van der Waals surface area contributed by atoms with Crippen molar-refractivity contribution in [3.05, 3.63) is 29.8 Å². The lowest BCUT2D eigenvalue weighted by atomic mass is 10.00. The molecular formula is C16H27NO2. The average Bonchev–Trinajstić information content (AvgIpc) is 2.43. The van der Waals surface area contributed by atoms with Crippen molar-refractivity contribution in [2.75, 3.05) is 20.3 Å². The first-order valence-electron chi connectivity index (χ1n) is 7.20. The van der Waals surface area contributed by atoms with E-state index in [2.05, 4.69) is 37.4 Å². The summed E-state index contributed by atoms with van der Waals surface area (Å²) < 4.78 is 10.9. The quantitative estimate of drug-likeness (QED) is 0.740. The van der Waals surface area contributed by atoms with Gasteiger partial charge in [-0.15, -0.1) is 0 Å². The second kappa shape index (κ2) is 8.94. The fraction of sp³-hybridized carbons (Fsp3) is 0.625. The Morgan fingerprint density at radius 2 is 2.00 bits per heavy atom. The Bertz CT molecular complexity index is 354. The van der Waals surface area contributed by atoms with Crippen LogP contribution in [-0.4, -0.2) is 26.4 Å². The molecule has 0 aliphatic heterocycles. The Labute approximate surface area is 117 Å². The van der Waals surface area contributed by atoms with Crippen LogP contribution in [-0.2, 0) is 4.74 Å². The van der Waals surface area contributed by atoms with Crippen LogP contribution in [0, 0.1) is 0 Å². The van der Waals surface area contributed by atoms with Gasteiger partial charge in [0.15, 0.2) is 0 Å². The molecular weight excluding hydrogens is 238 g/mol. The first-order chi connectivity index (χ1) is 9.21. The fourth-order valence-corrected chi connectivity index (χ4v) is 2.14. The van der Waals surface area contributed by atoms with Gasteiger partial charge in [-0.25, -0.2) is 0 Å². The summed E-state index contributed by atoms with van der Waals surface area (Å²) in [6, 6.07) is 8.72. The predicted octanol–water partition coefficient (Wildman–Crippen LogP) is 3.55. The van der Waals surface area contributed by atoms with Gasteiger partial charge < -0.3 is 14.8 Å². The number of nitrogens with one attached hydrogen (secondary N) is 1. The minimum Gasteiger partial charge on any atom is -0.494 e. The van der Waals surface area contributed by atoms with Crippen molar-refractivity contribution < 1.29 is 9.47 Å². The van der Waals surface area contributed by atoms with Crippen LogP contribution in [0.3, 0.4) is 0 Å². The van der Waals surface area contributed by atoms with Crippen LogP contribution in [0.4, 0.5) is 0 Å². The van der Waals surface area contributed by atoms with Crippen molar-refractivity contribution in [2.24, 2.45) is 0 Å². The molecule has 0 spiro atoms. The van der Waals surface area contributed by atoms with Crippen LogP contribution >= 0.6 is 0 Å². The molecule has 0 heterocycles. The van der Waals surface area contributed by atoms with Crippen molar-refractivity contribution >= 4 is 0 Å². The molecule has 1 aromatic rings. The summed E-state index contributed by atoms with van der Waals surface area (Å²) >= 11 is 0. The summed E-state index contributed by atoms with van der Waals surface area (Å²) in [5.74, 6) is 0.947. The van der Waals surface area contributed by atoms with E-state index in [4.69, 9.17) is 9.47 Å². The van der Waals surface area contributed by atoms with E-state index >= 15 is 0 Å². The molecule has 3 heteroatoms. The zero-order chi connectivity index (χ0) is 14.1. The molecule has 1 N–H and O–H groups in total. The zero-order valence-corrected chi connectivity index (χ0v) is 12.6. The van der Waals surface area contributed by atoms with Gasteiger partial charge in [0.05, 0.1) is 12.7 Å². The minimum atomic E-state index is 0.302. The summed E-state index contributed by atoms with van der Waals surface area (Å²) in [7, 11) is 1.77. The monoisotopic (exact) mass is 265 g/mol. The van der Waals surface area contributed by atoms with E-state index in [1.807, 2.05) is 13.0 Å². The van der Waals surface area contributed by atoms with Gasteiger partial charge in [0.1, 0.15) is 5.75 Å². The highest BCUT2D eigenvalue weighted by atomic mass is 16.5. The van der Waals surface area contributed by atoms with Gasteiger partial charge in [-0.05, 0) is 50.9 Å². The van der Waals surface area contributed by atoms with E-state index in [0.29, 0.717) is 18.8 Å². The lowest BCUT2D eigenvalue weighted by Crippen LogP contribution is -2.22. The van der Waals surface area contributed by atoms with E-state index in [1.165, 1.54) is 5.56 Å². The van der Waals surface area contributed by atoms with Gasteiger partial charge in [0.2, 0.25) is 0 Å². The molecule has 0 fully saturated rings. The zero-order valence-electron chi connectivity index (χ0n) is 12.6. The van der Waals surface area contributed by atoms with E-state index in [1.54, 1.807) is 7.11 Å². The largest absolute Gasteiger partial charge is 0.494 e. The molecule has 0 saturated carbocycles. The number of hydrogen-bond donors (Lipinski definition) is 1. The van der Waals surface area contributed by atoms with Crippen LogP contribution in [0.15, 0.2) is 24.3 Å². The van der Waals surface area contributed by atoms with Crippen molar-refractivity contribution in [3.8, 4) is 5.75 Å². The van der Waals surface area contributed by atoms with Crippen LogP contribution in [0.25, 0.3) is 0 Å². The molecule has 3 nitrogen and oxygen atoms in total. The van der Waals surface area contributed by atoms with Crippen molar-refractivity contribution in [1.82, 2.24) is 5.32 Å². The molecule has 2 atom stereocenters. The normalized spacial score (nSPS) is 14.1. The van der Waals surface area contributed by atoms with Gasteiger partial charge in [-0.3, -0.25) is 0 Å². The molecule has 2 unspecified atom stereocenters. The van der Waals surface area contributed by atoms with Crippen LogP contribution < -0.4 is 10.1 Å². The Hall–Kier alpha value is -1.06. The summed E-state index contributed by atoms with van der Waals surface area (Å²) in [6.07, 6.45) is 2.42. The lowest BCUT2D eigenvalue weighted by Gasteiger charge is -2.20. The summed E-state index contributed by atoms with van der Waals surface area (Å²) in [5, 5.41) is 3.54. The van der Waals surface area contributed by atoms with Gasteiger partial charge in [-0.1, -0.05) is 19.1 Å². The Morgan fingerprint density at radius 1 is 1.21 bits per heavy atom. The third-order valence-corrected chi connectivity index (χ3v) is 3.29. The Kier molecular flexibility index (Phi) is 7.53. The maximum atomic E-state index is 5.57.